The van der Waals surface area contributed by atoms with Crippen molar-refractivity contribution in [3.8, 4) is 0 Å². The van der Waals surface area contributed by atoms with E-state index < -0.39 is 5.60 Å². The molecule has 4 nitrogen and oxygen atoms in total. The summed E-state index contributed by atoms with van der Waals surface area (Å²) in [7, 11) is 0. The maximum atomic E-state index is 12.4. The van der Waals surface area contributed by atoms with E-state index in [1.807, 2.05) is 45.9 Å². The maximum absolute atomic E-state index is 12.4. The lowest BCUT2D eigenvalue weighted by molar-refractivity contribution is 0.0118. The number of carbonyl (C=O) groups excluding carboxylic acids is 1. The molecule has 1 heterocycles. The minimum absolute atomic E-state index is 0.0963. The molecular weight excluding hydrogens is 288 g/mol. The summed E-state index contributed by atoms with van der Waals surface area (Å²) in [6.07, 6.45) is -0.286. The number of halogens is 1. The van der Waals surface area contributed by atoms with Crippen molar-refractivity contribution in [2.45, 2.75) is 39.3 Å². The Labute approximate surface area is 131 Å². The van der Waals surface area contributed by atoms with Crippen LogP contribution in [0.4, 0.5) is 4.79 Å². The first kappa shape index (κ1) is 16.1. The van der Waals surface area contributed by atoms with Gasteiger partial charge in [0.05, 0.1) is 6.04 Å². The van der Waals surface area contributed by atoms with Crippen LogP contribution in [0.15, 0.2) is 18.2 Å². The van der Waals surface area contributed by atoms with Gasteiger partial charge >= 0.3 is 6.09 Å². The monoisotopic (exact) mass is 310 g/mol. The van der Waals surface area contributed by atoms with Crippen molar-refractivity contribution in [1.29, 1.82) is 0 Å². The lowest BCUT2D eigenvalue weighted by Crippen LogP contribution is -2.50. The second kappa shape index (κ2) is 6.24. The summed E-state index contributed by atoms with van der Waals surface area (Å²) < 4.78 is 5.52. The van der Waals surface area contributed by atoms with Crippen molar-refractivity contribution in [2.24, 2.45) is 0 Å². The molecule has 1 N–H and O–H groups in total. The Balaban J connectivity index is 2.27. The van der Waals surface area contributed by atoms with Gasteiger partial charge in [0.2, 0.25) is 0 Å². The highest BCUT2D eigenvalue weighted by atomic mass is 35.5. The Kier molecular flexibility index (Phi) is 4.79. The highest BCUT2D eigenvalue weighted by Crippen LogP contribution is 2.30. The summed E-state index contributed by atoms with van der Waals surface area (Å²) in [5.74, 6) is 0. The van der Waals surface area contributed by atoms with E-state index >= 15 is 0 Å². The average Bonchev–Trinajstić information content (AvgIpc) is 2.39. The molecule has 0 aliphatic carbocycles. The quantitative estimate of drug-likeness (QED) is 0.863. The fourth-order valence-corrected chi connectivity index (χ4v) is 2.68. The minimum Gasteiger partial charge on any atom is -0.444 e. The number of nitrogens with one attached hydrogen (secondary N) is 1. The van der Waals surface area contributed by atoms with E-state index in [9.17, 15) is 4.79 Å². The van der Waals surface area contributed by atoms with Gasteiger partial charge < -0.3 is 10.1 Å². The van der Waals surface area contributed by atoms with E-state index in [4.69, 9.17) is 16.3 Å². The summed E-state index contributed by atoms with van der Waals surface area (Å²) in [4.78, 5) is 14.2. The van der Waals surface area contributed by atoms with E-state index in [-0.39, 0.29) is 12.1 Å². The fraction of sp³-hybridized carbons (Fsp3) is 0.562. The number of ether oxygens (including phenoxy) is 1. The van der Waals surface area contributed by atoms with Gasteiger partial charge in [-0.05, 0) is 39.3 Å². The number of amides is 1. The molecule has 1 fully saturated rings. The van der Waals surface area contributed by atoms with Crippen LogP contribution in [0.1, 0.15) is 37.9 Å². The summed E-state index contributed by atoms with van der Waals surface area (Å²) in [6, 6.07) is 5.80. The van der Waals surface area contributed by atoms with Crippen LogP contribution >= 0.6 is 11.6 Å². The largest absolute Gasteiger partial charge is 0.444 e. The lowest BCUT2D eigenvalue weighted by Gasteiger charge is -2.37. The van der Waals surface area contributed by atoms with Crippen molar-refractivity contribution in [3.63, 3.8) is 0 Å². The first-order valence-electron chi connectivity index (χ1n) is 7.24. The summed E-state index contributed by atoms with van der Waals surface area (Å²) in [5, 5.41) is 4.00. The van der Waals surface area contributed by atoms with Gasteiger partial charge in [0.15, 0.2) is 0 Å². The summed E-state index contributed by atoms with van der Waals surface area (Å²) in [6.45, 7) is 9.71. The van der Waals surface area contributed by atoms with Crippen molar-refractivity contribution in [1.82, 2.24) is 10.2 Å². The zero-order valence-electron chi connectivity index (χ0n) is 13.1. The number of nitrogens with zero attached hydrogens (tertiary/aromatic N) is 1. The number of rotatable bonds is 1. The fourth-order valence-electron chi connectivity index (χ4n) is 2.44. The van der Waals surface area contributed by atoms with E-state index in [1.54, 1.807) is 4.90 Å². The van der Waals surface area contributed by atoms with Gasteiger partial charge in [0.1, 0.15) is 5.60 Å². The van der Waals surface area contributed by atoms with E-state index in [2.05, 4.69) is 5.32 Å². The van der Waals surface area contributed by atoms with Gasteiger partial charge in [-0.1, -0.05) is 29.3 Å². The molecule has 21 heavy (non-hydrogen) atoms. The highest BCUT2D eigenvalue weighted by Gasteiger charge is 2.32. The molecular formula is C16H23ClN2O2. The molecule has 0 saturated carbocycles. The molecule has 1 aliphatic heterocycles. The Morgan fingerprint density at radius 1 is 1.43 bits per heavy atom. The summed E-state index contributed by atoms with van der Waals surface area (Å²) >= 11 is 6.33. The molecule has 1 unspecified atom stereocenters. The third-order valence-electron chi connectivity index (χ3n) is 3.38. The third kappa shape index (κ3) is 4.11. The molecule has 116 valence electrons. The van der Waals surface area contributed by atoms with Crippen LogP contribution in [0.2, 0.25) is 5.02 Å². The normalized spacial score (nSPS) is 19.5. The van der Waals surface area contributed by atoms with Crippen molar-refractivity contribution < 1.29 is 9.53 Å². The van der Waals surface area contributed by atoms with E-state index in [0.29, 0.717) is 18.1 Å². The number of carbonyl (C=O) groups is 1. The number of piperazine rings is 1. The predicted molar refractivity (Wildman–Crippen MR) is 84.7 cm³/mol. The molecule has 0 bridgehead atoms. The topological polar surface area (TPSA) is 41.6 Å². The standard InChI is InChI=1S/C16H23ClN2O2/c1-11-5-6-13(17)12(9-11)14-10-18-7-8-19(14)15(20)21-16(2,3)4/h5-6,9,14,18H,7-8,10H2,1-4H3. The second-order valence-electron chi connectivity index (χ2n) is 6.42. The van der Waals surface area contributed by atoms with Gasteiger partial charge in [-0.3, -0.25) is 4.90 Å². The smallest absolute Gasteiger partial charge is 0.410 e. The van der Waals surface area contributed by atoms with Crippen LogP contribution in [-0.2, 0) is 4.74 Å². The lowest BCUT2D eigenvalue weighted by atomic mass is 10.0. The molecule has 1 amide bonds. The first-order valence-corrected chi connectivity index (χ1v) is 7.62. The molecule has 1 aromatic carbocycles. The zero-order valence-corrected chi connectivity index (χ0v) is 13.8. The van der Waals surface area contributed by atoms with Crippen molar-refractivity contribution in [3.05, 3.63) is 34.3 Å². The number of hydrogen-bond donors (Lipinski definition) is 1. The molecule has 0 aromatic heterocycles. The molecule has 1 saturated heterocycles. The van der Waals surface area contributed by atoms with Crippen LogP contribution in [-0.4, -0.2) is 36.2 Å². The molecule has 5 heteroatoms. The van der Waals surface area contributed by atoms with Crippen LogP contribution in [0.5, 0.6) is 0 Å². The first-order chi connectivity index (χ1) is 9.78. The Morgan fingerprint density at radius 2 is 2.14 bits per heavy atom. The summed E-state index contributed by atoms with van der Waals surface area (Å²) in [5.41, 5.74) is 1.60. The Hall–Kier alpha value is -1.26. The maximum Gasteiger partial charge on any atom is 0.410 e. The van der Waals surface area contributed by atoms with Gasteiger partial charge in [0, 0.05) is 24.7 Å². The zero-order chi connectivity index (χ0) is 15.6. The number of hydrogen-bond acceptors (Lipinski definition) is 3. The van der Waals surface area contributed by atoms with Crippen molar-refractivity contribution >= 4 is 17.7 Å². The van der Waals surface area contributed by atoms with E-state index in [0.717, 1.165) is 17.7 Å². The van der Waals surface area contributed by atoms with Crippen LogP contribution in [0.3, 0.4) is 0 Å². The number of benzene rings is 1. The van der Waals surface area contributed by atoms with Gasteiger partial charge in [0.25, 0.3) is 0 Å². The third-order valence-corrected chi connectivity index (χ3v) is 3.73. The average molecular weight is 311 g/mol. The number of aryl methyl sites for hydroxylation is 1. The highest BCUT2D eigenvalue weighted by molar-refractivity contribution is 6.31. The molecule has 1 atom stereocenters. The molecule has 0 radical (unpaired) electrons. The predicted octanol–water partition coefficient (Wildman–Crippen LogP) is 3.53. The second-order valence-corrected chi connectivity index (χ2v) is 6.83. The van der Waals surface area contributed by atoms with Crippen LogP contribution in [0, 0.1) is 6.92 Å². The molecule has 1 aliphatic rings. The van der Waals surface area contributed by atoms with Gasteiger partial charge in [-0.15, -0.1) is 0 Å². The molecule has 2 rings (SSSR count). The SMILES string of the molecule is Cc1ccc(Cl)c(C2CNCCN2C(=O)OC(C)(C)C)c1. The molecule has 1 aromatic rings. The van der Waals surface area contributed by atoms with Gasteiger partial charge in [-0.25, -0.2) is 4.79 Å². The van der Waals surface area contributed by atoms with Crippen LogP contribution in [0.25, 0.3) is 0 Å². The minimum atomic E-state index is -0.497. The van der Waals surface area contributed by atoms with Crippen molar-refractivity contribution in [2.75, 3.05) is 19.6 Å². The van der Waals surface area contributed by atoms with Gasteiger partial charge in [-0.2, -0.15) is 0 Å². The molecule has 0 spiro atoms. The van der Waals surface area contributed by atoms with E-state index in [1.165, 1.54) is 0 Å². The Bertz CT molecular complexity index is 525. The van der Waals surface area contributed by atoms with Crippen LogP contribution < -0.4 is 5.32 Å². The Morgan fingerprint density at radius 3 is 2.81 bits per heavy atom.